The minimum Gasteiger partial charge on any atom is -0.465 e. The van der Waals surface area contributed by atoms with Gasteiger partial charge in [0.1, 0.15) is 5.69 Å². The first-order valence-corrected chi connectivity index (χ1v) is 9.18. The van der Waals surface area contributed by atoms with Crippen LogP contribution < -0.4 is 5.32 Å². The van der Waals surface area contributed by atoms with E-state index in [1.807, 2.05) is 0 Å². The van der Waals surface area contributed by atoms with Crippen molar-refractivity contribution in [2.45, 2.75) is 64.8 Å². The number of carbonyl (C=O) groups excluding carboxylic acids is 3. The molecule has 0 bridgehead atoms. The van der Waals surface area contributed by atoms with Gasteiger partial charge in [-0.05, 0) is 32.3 Å². The minimum atomic E-state index is -0.659. The Kier molecular flexibility index (Phi) is 7.24. The van der Waals surface area contributed by atoms with Gasteiger partial charge in [0.2, 0.25) is 0 Å². The summed E-state index contributed by atoms with van der Waals surface area (Å²) in [6.45, 7) is 2.98. The third-order valence-electron chi connectivity index (χ3n) is 4.84. The first-order valence-electron chi connectivity index (χ1n) is 9.18. The number of aromatic nitrogens is 1. The molecule has 1 aliphatic rings. The van der Waals surface area contributed by atoms with E-state index < -0.39 is 11.9 Å². The predicted octanol–water partition coefficient (Wildman–Crippen LogP) is 2.80. The van der Waals surface area contributed by atoms with Crippen LogP contribution in [0.25, 0.3) is 0 Å². The van der Waals surface area contributed by atoms with E-state index in [-0.39, 0.29) is 24.2 Å². The molecule has 7 heteroatoms. The Morgan fingerprint density at radius 2 is 1.65 bits per heavy atom. The Bertz CT molecular complexity index is 657. The zero-order valence-electron chi connectivity index (χ0n) is 15.8. The van der Waals surface area contributed by atoms with E-state index in [2.05, 4.69) is 10.3 Å². The lowest BCUT2D eigenvalue weighted by molar-refractivity contribution is -0.125. The molecule has 0 aromatic carbocycles. The number of hydrogen-bond donors (Lipinski definition) is 2. The number of rotatable bonds is 5. The molecule has 2 rings (SSSR count). The molecule has 1 aromatic rings. The number of methoxy groups -OCH3 is 1. The van der Waals surface area contributed by atoms with Crippen LogP contribution >= 0.6 is 0 Å². The van der Waals surface area contributed by atoms with E-state index in [0.717, 1.165) is 25.7 Å². The van der Waals surface area contributed by atoms with E-state index in [1.54, 1.807) is 13.8 Å². The fraction of sp³-hybridized carbons (Fsp3) is 0.632. The van der Waals surface area contributed by atoms with Gasteiger partial charge in [-0.15, -0.1) is 0 Å². The summed E-state index contributed by atoms with van der Waals surface area (Å²) in [5.41, 5.74) is 1.47. The van der Waals surface area contributed by atoms with Crippen LogP contribution in [-0.4, -0.2) is 42.6 Å². The van der Waals surface area contributed by atoms with Crippen LogP contribution in [0.5, 0.6) is 0 Å². The van der Waals surface area contributed by atoms with Crippen molar-refractivity contribution in [3.63, 3.8) is 0 Å². The lowest BCUT2D eigenvalue weighted by Gasteiger charge is -2.20. The van der Waals surface area contributed by atoms with E-state index in [9.17, 15) is 14.4 Å². The molecule has 0 atom stereocenters. The zero-order valence-corrected chi connectivity index (χ0v) is 15.8. The second kappa shape index (κ2) is 9.40. The molecule has 7 nitrogen and oxygen atoms in total. The number of ether oxygens (including phenoxy) is 2. The van der Waals surface area contributed by atoms with Crippen molar-refractivity contribution >= 4 is 17.8 Å². The number of aromatic amines is 1. The molecule has 1 fully saturated rings. The van der Waals surface area contributed by atoms with Gasteiger partial charge < -0.3 is 19.8 Å². The Labute approximate surface area is 153 Å². The lowest BCUT2D eigenvalue weighted by Crippen LogP contribution is -2.38. The minimum absolute atomic E-state index is 0.155. The maximum Gasteiger partial charge on any atom is 0.355 e. The molecule has 1 aromatic heterocycles. The molecule has 1 saturated carbocycles. The summed E-state index contributed by atoms with van der Waals surface area (Å²) < 4.78 is 9.83. The van der Waals surface area contributed by atoms with Crippen molar-refractivity contribution in [1.29, 1.82) is 0 Å². The van der Waals surface area contributed by atoms with Crippen molar-refractivity contribution in [2.75, 3.05) is 13.7 Å². The average molecular weight is 364 g/mol. The van der Waals surface area contributed by atoms with Gasteiger partial charge in [0.25, 0.3) is 5.91 Å². The Hall–Kier alpha value is -2.31. The summed E-state index contributed by atoms with van der Waals surface area (Å²) in [4.78, 5) is 39.0. The second-order valence-electron chi connectivity index (χ2n) is 6.80. The maximum absolute atomic E-state index is 12.3. The van der Waals surface area contributed by atoms with Crippen molar-refractivity contribution in [3.8, 4) is 0 Å². The molecule has 0 spiro atoms. The van der Waals surface area contributed by atoms with Crippen molar-refractivity contribution in [3.05, 3.63) is 22.5 Å². The van der Waals surface area contributed by atoms with Crippen LogP contribution in [0.3, 0.4) is 0 Å². The van der Waals surface area contributed by atoms with E-state index in [1.165, 1.54) is 26.4 Å². The molecule has 0 unspecified atom stereocenters. The van der Waals surface area contributed by atoms with Crippen LogP contribution in [0, 0.1) is 13.8 Å². The molecular weight excluding hydrogens is 336 g/mol. The number of amides is 1. The van der Waals surface area contributed by atoms with E-state index in [0.29, 0.717) is 16.8 Å². The van der Waals surface area contributed by atoms with Gasteiger partial charge >= 0.3 is 11.9 Å². The Morgan fingerprint density at radius 3 is 2.27 bits per heavy atom. The Balaban J connectivity index is 1.89. The van der Waals surface area contributed by atoms with E-state index >= 15 is 0 Å². The highest BCUT2D eigenvalue weighted by Crippen LogP contribution is 2.20. The molecule has 26 heavy (non-hydrogen) atoms. The Morgan fingerprint density at radius 1 is 1.04 bits per heavy atom. The maximum atomic E-state index is 12.3. The summed E-state index contributed by atoms with van der Waals surface area (Å²) >= 11 is 0. The van der Waals surface area contributed by atoms with Crippen LogP contribution in [0.1, 0.15) is 77.0 Å². The SMILES string of the molecule is COC(=O)c1c(C)[nH]c(C(=O)OCC(=O)NC2CCCCCCC2)c1C. The topological polar surface area (TPSA) is 97.5 Å². The molecule has 1 heterocycles. The van der Waals surface area contributed by atoms with Crippen LogP contribution in [0.15, 0.2) is 0 Å². The fourth-order valence-electron chi connectivity index (χ4n) is 3.44. The van der Waals surface area contributed by atoms with Gasteiger partial charge in [0.05, 0.1) is 12.7 Å². The van der Waals surface area contributed by atoms with Gasteiger partial charge in [-0.2, -0.15) is 0 Å². The molecule has 1 amide bonds. The van der Waals surface area contributed by atoms with Crippen LogP contribution in [0.4, 0.5) is 0 Å². The number of hydrogen-bond acceptors (Lipinski definition) is 5. The number of H-pyrrole nitrogens is 1. The number of carbonyl (C=O) groups is 3. The average Bonchev–Trinajstić information content (AvgIpc) is 2.89. The summed E-state index contributed by atoms with van der Waals surface area (Å²) in [6.07, 6.45) is 7.84. The normalized spacial score (nSPS) is 15.7. The zero-order chi connectivity index (χ0) is 19.1. The number of aryl methyl sites for hydroxylation is 1. The van der Waals surface area contributed by atoms with Gasteiger partial charge in [-0.25, -0.2) is 9.59 Å². The van der Waals surface area contributed by atoms with Gasteiger partial charge in [-0.1, -0.05) is 32.1 Å². The van der Waals surface area contributed by atoms with Gasteiger partial charge in [0, 0.05) is 11.7 Å². The summed E-state index contributed by atoms with van der Waals surface area (Å²) in [6, 6.07) is 0.155. The molecule has 144 valence electrons. The highest BCUT2D eigenvalue weighted by molar-refractivity contribution is 5.99. The highest BCUT2D eigenvalue weighted by atomic mass is 16.5. The predicted molar refractivity (Wildman–Crippen MR) is 96.1 cm³/mol. The molecular formula is C19H28N2O5. The van der Waals surface area contributed by atoms with Crippen molar-refractivity contribution < 1.29 is 23.9 Å². The smallest absolute Gasteiger partial charge is 0.355 e. The van der Waals surface area contributed by atoms with E-state index in [4.69, 9.17) is 9.47 Å². The molecule has 0 radical (unpaired) electrons. The van der Waals surface area contributed by atoms with Crippen LogP contribution in [0.2, 0.25) is 0 Å². The van der Waals surface area contributed by atoms with Crippen molar-refractivity contribution in [1.82, 2.24) is 10.3 Å². The van der Waals surface area contributed by atoms with Gasteiger partial charge in [0.15, 0.2) is 6.61 Å². The third kappa shape index (κ3) is 5.09. The standard InChI is InChI=1S/C19H28N2O5/c1-12-16(18(23)25-3)13(2)20-17(12)19(24)26-11-15(22)21-14-9-7-5-4-6-8-10-14/h14,20H,4-11H2,1-3H3,(H,21,22). The summed E-state index contributed by atoms with van der Waals surface area (Å²) in [7, 11) is 1.28. The lowest BCUT2D eigenvalue weighted by atomic mass is 9.97. The largest absolute Gasteiger partial charge is 0.465 e. The number of esters is 2. The molecule has 0 aliphatic heterocycles. The third-order valence-corrected chi connectivity index (χ3v) is 4.84. The van der Waals surface area contributed by atoms with Gasteiger partial charge in [-0.3, -0.25) is 4.79 Å². The monoisotopic (exact) mass is 364 g/mol. The number of nitrogens with one attached hydrogen (secondary N) is 2. The molecule has 0 saturated heterocycles. The summed E-state index contributed by atoms with van der Waals surface area (Å²) in [5.74, 6) is -1.47. The highest BCUT2D eigenvalue weighted by Gasteiger charge is 2.24. The first-order chi connectivity index (χ1) is 12.4. The first kappa shape index (κ1) is 20.0. The molecule has 1 aliphatic carbocycles. The van der Waals surface area contributed by atoms with Crippen LogP contribution in [-0.2, 0) is 14.3 Å². The second-order valence-corrected chi connectivity index (χ2v) is 6.80. The van der Waals surface area contributed by atoms with Crippen molar-refractivity contribution in [2.24, 2.45) is 0 Å². The molecule has 2 N–H and O–H groups in total. The summed E-state index contributed by atoms with van der Waals surface area (Å²) in [5, 5.41) is 2.95. The fourth-order valence-corrected chi connectivity index (χ4v) is 3.44. The quantitative estimate of drug-likeness (QED) is 0.783.